The van der Waals surface area contributed by atoms with Crippen molar-refractivity contribution in [2.75, 3.05) is 39.6 Å². The van der Waals surface area contributed by atoms with E-state index in [2.05, 4.69) is 167 Å². The summed E-state index contributed by atoms with van der Waals surface area (Å²) in [5.41, 5.74) is 0. The first-order chi connectivity index (χ1) is 51.7. The lowest BCUT2D eigenvalue weighted by atomic mass is 10.1. The number of rotatable bonds is 75. The van der Waals surface area contributed by atoms with Gasteiger partial charge >= 0.3 is 39.5 Å². The number of aliphatic hydroxyl groups excluding tert-OH is 1. The molecular weight excluding hydrogens is 1380 g/mol. The number of hydrogen-bond donors (Lipinski definition) is 3. The summed E-state index contributed by atoms with van der Waals surface area (Å²) in [5, 5.41) is 10.6. The molecule has 0 aromatic heterocycles. The number of aliphatic hydroxyl groups is 1. The number of allylic oxidation sites excluding steroid dienone is 26. The summed E-state index contributed by atoms with van der Waals surface area (Å²) in [6.45, 7) is 4.48. The fourth-order valence-electron chi connectivity index (χ4n) is 10.3. The van der Waals surface area contributed by atoms with E-state index in [0.29, 0.717) is 32.1 Å². The van der Waals surface area contributed by atoms with Crippen LogP contribution in [-0.4, -0.2) is 96.7 Å². The molecule has 0 saturated carbocycles. The number of hydrogen-bond acceptors (Lipinski definition) is 15. The Hall–Kier alpha value is -5.32. The van der Waals surface area contributed by atoms with Crippen LogP contribution in [-0.2, 0) is 65.4 Å². The van der Waals surface area contributed by atoms with Crippen molar-refractivity contribution in [2.45, 2.75) is 329 Å². The van der Waals surface area contributed by atoms with E-state index < -0.39 is 97.5 Å². The van der Waals surface area contributed by atoms with Gasteiger partial charge in [-0.2, -0.15) is 0 Å². The maximum Gasteiger partial charge on any atom is 0.472 e. The van der Waals surface area contributed by atoms with Crippen molar-refractivity contribution in [3.8, 4) is 0 Å². The lowest BCUT2D eigenvalue weighted by molar-refractivity contribution is -0.161. The second kappa shape index (κ2) is 77.8. The standard InChI is InChI=1S/C87H144O17P2/c1-5-9-13-17-21-25-29-33-36-38-40-42-45-49-52-56-60-64-68-72-85(90)98-78-83(104-87(92)74-70-66-62-58-54-50-46-43-41-39-37-34-30-26-22-18-14-10-6-2)80-102-106(95,96)100-76-81(88)75-99-105(93,94)101-79-82(103-86(91)73-69-65-61-57-53-47-32-28-24-20-16-12-8-4)77-97-84(89)71-67-63-59-55-51-48-44-35-31-27-23-19-15-11-7-3/h9-10,13-14,21-23,25-28,32-37,40-44,49,52,60,64,81-83,88H,5-8,11-12,15-20,24,29-31,38-39,45-48,50-51,53-59,61-63,65-80H2,1-4H3,(H,93,94)(H,95,96)/b13-9-,14-10-,25-21-,26-22-,27-23-,32-28-,36-33-,37-34-,42-40-,43-41-,44-35-,52-49-,64-60-. The molecule has 106 heavy (non-hydrogen) atoms. The van der Waals surface area contributed by atoms with E-state index in [-0.39, 0.29) is 25.7 Å². The van der Waals surface area contributed by atoms with E-state index in [4.69, 9.17) is 37.0 Å². The first-order valence-electron chi connectivity index (χ1n) is 40.7. The van der Waals surface area contributed by atoms with E-state index in [9.17, 15) is 43.2 Å². The first-order valence-corrected chi connectivity index (χ1v) is 43.7. The summed E-state index contributed by atoms with van der Waals surface area (Å²) in [5.74, 6) is -2.32. The van der Waals surface area contributed by atoms with Gasteiger partial charge in [0, 0.05) is 25.7 Å². The number of carbonyl (C=O) groups is 4. The van der Waals surface area contributed by atoms with Crippen LogP contribution in [0.3, 0.4) is 0 Å². The van der Waals surface area contributed by atoms with Gasteiger partial charge in [0.2, 0.25) is 0 Å². The molecule has 0 aliphatic rings. The summed E-state index contributed by atoms with van der Waals surface area (Å²) in [6, 6.07) is 0. The quantitative estimate of drug-likeness (QED) is 0.0169. The zero-order valence-electron chi connectivity index (χ0n) is 66.1. The predicted molar refractivity (Wildman–Crippen MR) is 436 cm³/mol. The van der Waals surface area contributed by atoms with Gasteiger partial charge in [-0.25, -0.2) is 9.13 Å². The highest BCUT2D eigenvalue weighted by atomic mass is 31.2. The third-order valence-corrected chi connectivity index (χ3v) is 18.4. The molecular formula is C87H144O17P2. The van der Waals surface area contributed by atoms with E-state index in [0.717, 1.165) is 180 Å². The minimum Gasteiger partial charge on any atom is -0.462 e. The van der Waals surface area contributed by atoms with Crippen LogP contribution in [0.4, 0.5) is 0 Å². The lowest BCUT2D eigenvalue weighted by Crippen LogP contribution is -2.30. The third-order valence-electron chi connectivity index (χ3n) is 16.5. The lowest BCUT2D eigenvalue weighted by Gasteiger charge is -2.21. The van der Waals surface area contributed by atoms with Gasteiger partial charge in [-0.1, -0.05) is 282 Å². The van der Waals surface area contributed by atoms with Crippen molar-refractivity contribution >= 4 is 39.5 Å². The Morgan fingerprint density at radius 2 is 0.509 bits per heavy atom. The van der Waals surface area contributed by atoms with Gasteiger partial charge in [0.15, 0.2) is 12.2 Å². The molecule has 5 unspecified atom stereocenters. The highest BCUT2D eigenvalue weighted by Gasteiger charge is 2.30. The molecule has 604 valence electrons. The molecule has 0 aliphatic heterocycles. The van der Waals surface area contributed by atoms with E-state index in [1.54, 1.807) is 0 Å². The molecule has 0 spiro atoms. The maximum atomic E-state index is 13.1. The normalized spacial score (nSPS) is 14.7. The summed E-state index contributed by atoms with van der Waals surface area (Å²) in [6.07, 6.45) is 90.8. The number of esters is 4. The Balaban J connectivity index is 5.47. The zero-order valence-corrected chi connectivity index (χ0v) is 67.8. The van der Waals surface area contributed by atoms with Crippen LogP contribution < -0.4 is 0 Å². The van der Waals surface area contributed by atoms with Gasteiger partial charge in [-0.05, 0) is 161 Å². The molecule has 0 saturated heterocycles. The van der Waals surface area contributed by atoms with Crippen molar-refractivity contribution in [3.05, 3.63) is 158 Å². The average molecular weight is 1520 g/mol. The second-order valence-electron chi connectivity index (χ2n) is 26.6. The number of ether oxygens (including phenoxy) is 4. The molecule has 0 heterocycles. The van der Waals surface area contributed by atoms with E-state index >= 15 is 0 Å². The van der Waals surface area contributed by atoms with Crippen molar-refractivity contribution in [1.82, 2.24) is 0 Å². The molecule has 0 rings (SSSR count). The van der Waals surface area contributed by atoms with E-state index in [1.165, 1.54) is 44.9 Å². The third kappa shape index (κ3) is 76.9. The molecule has 3 N–H and O–H groups in total. The minimum absolute atomic E-state index is 0.0273. The Bertz CT molecular complexity index is 2630. The highest BCUT2D eigenvalue weighted by Crippen LogP contribution is 2.45. The van der Waals surface area contributed by atoms with Crippen LogP contribution in [0.15, 0.2) is 158 Å². The van der Waals surface area contributed by atoms with E-state index in [1.807, 2.05) is 18.2 Å². The molecule has 0 fully saturated rings. The van der Waals surface area contributed by atoms with Gasteiger partial charge in [0.25, 0.3) is 0 Å². The van der Waals surface area contributed by atoms with Crippen molar-refractivity contribution in [2.24, 2.45) is 0 Å². The van der Waals surface area contributed by atoms with Crippen LogP contribution in [0.2, 0.25) is 0 Å². The summed E-state index contributed by atoms with van der Waals surface area (Å²) in [7, 11) is -10.00. The van der Waals surface area contributed by atoms with Crippen LogP contribution in [0.25, 0.3) is 0 Å². The topological polar surface area (TPSA) is 237 Å². The van der Waals surface area contributed by atoms with Crippen LogP contribution in [0, 0.1) is 0 Å². The van der Waals surface area contributed by atoms with Gasteiger partial charge < -0.3 is 33.8 Å². The Labute approximate surface area is 642 Å². The monoisotopic (exact) mass is 1520 g/mol. The number of carbonyl (C=O) groups excluding carboxylic acids is 4. The number of phosphoric acid groups is 2. The van der Waals surface area contributed by atoms with Gasteiger partial charge in [-0.15, -0.1) is 0 Å². The Kier molecular flexibility index (Phi) is 73.9. The fourth-order valence-corrected chi connectivity index (χ4v) is 11.9. The molecule has 19 heteroatoms. The number of phosphoric ester groups is 2. The maximum absolute atomic E-state index is 13.1. The zero-order chi connectivity index (χ0) is 77.4. The smallest absolute Gasteiger partial charge is 0.462 e. The van der Waals surface area contributed by atoms with Crippen molar-refractivity contribution in [3.63, 3.8) is 0 Å². The van der Waals surface area contributed by atoms with Crippen molar-refractivity contribution < 1.29 is 80.2 Å². The Morgan fingerprint density at radius 3 is 0.840 bits per heavy atom. The molecule has 5 atom stereocenters. The first kappa shape index (κ1) is 101. The van der Waals surface area contributed by atoms with Crippen LogP contribution >= 0.6 is 15.6 Å². The van der Waals surface area contributed by atoms with Crippen LogP contribution in [0.5, 0.6) is 0 Å². The molecule has 0 bridgehead atoms. The molecule has 0 aliphatic carbocycles. The van der Waals surface area contributed by atoms with Gasteiger partial charge in [0.05, 0.1) is 26.4 Å². The molecule has 0 aromatic rings. The minimum atomic E-state index is -5.01. The largest absolute Gasteiger partial charge is 0.472 e. The molecule has 17 nitrogen and oxygen atoms in total. The molecule has 0 radical (unpaired) electrons. The molecule has 0 aromatic carbocycles. The van der Waals surface area contributed by atoms with Crippen LogP contribution in [0.1, 0.15) is 310 Å². The second-order valence-corrected chi connectivity index (χ2v) is 29.5. The highest BCUT2D eigenvalue weighted by molar-refractivity contribution is 7.47. The number of unbranched alkanes of at least 4 members (excludes halogenated alkanes) is 23. The van der Waals surface area contributed by atoms with Gasteiger partial charge in [0.1, 0.15) is 19.3 Å². The fraction of sp³-hybridized carbons (Fsp3) is 0.655. The predicted octanol–water partition coefficient (Wildman–Crippen LogP) is 24.0. The molecule has 0 amide bonds. The Morgan fingerprint density at radius 1 is 0.274 bits per heavy atom. The average Bonchev–Trinajstić information content (AvgIpc) is 0.903. The summed E-state index contributed by atoms with van der Waals surface area (Å²) in [4.78, 5) is 73.1. The van der Waals surface area contributed by atoms with Crippen molar-refractivity contribution in [1.29, 1.82) is 0 Å². The SMILES string of the molecule is CC/C=C\C/C=C\C/C=C\C/C=C\C/C=C\C/C=C\CCC(=O)OCC(COP(=O)(O)OCC(O)COP(=O)(O)OCC(COC(=O)CCCCCCC/C=C\C/C=C\CCCCC)OC(=O)CCCCCCC/C=C\CCCCCC)OC(=O)CCCCCCCC/C=C\C/C=C\C/C=C\C/C=C\CC. The summed E-state index contributed by atoms with van der Waals surface area (Å²) >= 11 is 0. The van der Waals surface area contributed by atoms with Gasteiger partial charge in [-0.3, -0.25) is 37.3 Å². The summed E-state index contributed by atoms with van der Waals surface area (Å²) < 4.78 is 68.6.